The first kappa shape index (κ1) is 10.8. The first-order valence-corrected chi connectivity index (χ1v) is 3.51. The minimum absolute atomic E-state index is 0. The van der Waals surface area contributed by atoms with E-state index in [1.54, 1.807) is 12.1 Å². The number of nitrogens with two attached hydrogens (primary N) is 1. The molecule has 2 N–H and O–H groups in total. The summed E-state index contributed by atoms with van der Waals surface area (Å²) in [5, 5.41) is 23.5. The fourth-order valence-corrected chi connectivity index (χ4v) is 0.620. The van der Waals surface area contributed by atoms with E-state index in [4.69, 9.17) is 26.3 Å². The fraction of sp³-hybridized carbons (Fsp3) is 0.375. The van der Waals surface area contributed by atoms with Gasteiger partial charge in [0.25, 0.3) is 0 Å². The second-order valence-electron chi connectivity index (χ2n) is 2.05. The highest BCUT2D eigenvalue weighted by atomic mass is 16.5. The highest BCUT2D eigenvalue weighted by Crippen LogP contribution is 2.12. The summed E-state index contributed by atoms with van der Waals surface area (Å²) in [6.45, 7) is 0.564. The first-order chi connectivity index (χ1) is 6.26. The van der Waals surface area contributed by atoms with Crippen LogP contribution in [0.5, 0.6) is 0 Å². The van der Waals surface area contributed by atoms with Gasteiger partial charge in [-0.3, -0.25) is 0 Å². The van der Waals surface area contributed by atoms with E-state index in [-0.39, 0.29) is 6.42 Å². The zero-order valence-electron chi connectivity index (χ0n) is 6.95. The van der Waals surface area contributed by atoms with Gasteiger partial charge in [0.1, 0.15) is 12.5 Å². The van der Waals surface area contributed by atoms with Crippen molar-refractivity contribution >= 4 is 0 Å². The number of nitriles is 3. The molecule has 0 atom stereocenters. The van der Waals surface area contributed by atoms with Crippen molar-refractivity contribution in [1.82, 2.24) is 0 Å². The summed E-state index contributed by atoms with van der Waals surface area (Å²) >= 11 is 0. The molecular weight excluding hydrogens is 168 g/mol. The molecule has 1 rings (SSSR count). The smallest absolute Gasteiger partial charge is 0.198 e. The molecule has 0 aliphatic carbocycles. The van der Waals surface area contributed by atoms with Gasteiger partial charge in [-0.2, -0.15) is 15.8 Å². The third-order valence-electron chi connectivity index (χ3n) is 1.20. The van der Waals surface area contributed by atoms with E-state index >= 15 is 0 Å². The van der Waals surface area contributed by atoms with E-state index in [0.29, 0.717) is 24.5 Å². The van der Waals surface area contributed by atoms with Crippen LogP contribution in [0.4, 0.5) is 0 Å². The van der Waals surface area contributed by atoms with Crippen LogP contribution >= 0.6 is 0 Å². The quantitative estimate of drug-likeness (QED) is 0.579. The van der Waals surface area contributed by atoms with Crippen molar-refractivity contribution in [3.63, 3.8) is 0 Å². The van der Waals surface area contributed by atoms with Gasteiger partial charge < -0.3 is 10.5 Å². The van der Waals surface area contributed by atoms with E-state index in [1.807, 2.05) is 6.07 Å². The molecule has 13 heavy (non-hydrogen) atoms. The maximum atomic E-state index is 8.27. The van der Waals surface area contributed by atoms with Gasteiger partial charge in [0.2, 0.25) is 0 Å². The summed E-state index contributed by atoms with van der Waals surface area (Å²) in [7, 11) is 0. The van der Waals surface area contributed by atoms with Crippen molar-refractivity contribution in [3.8, 4) is 18.2 Å². The summed E-state index contributed by atoms with van der Waals surface area (Å²) in [4.78, 5) is 0. The molecule has 5 nitrogen and oxygen atoms in total. The van der Waals surface area contributed by atoms with Gasteiger partial charge >= 0.3 is 0 Å². The van der Waals surface area contributed by atoms with Crippen molar-refractivity contribution in [1.29, 1.82) is 15.8 Å². The Bertz CT molecular complexity index is 301. The molecule has 1 aliphatic heterocycles. The average Bonchev–Trinajstić information content (AvgIpc) is 2.53. The minimum Gasteiger partial charge on any atom is -0.478 e. The number of nitrogens with zero attached hydrogens (tertiary/aromatic N) is 3. The van der Waals surface area contributed by atoms with Crippen molar-refractivity contribution in [2.45, 2.75) is 12.8 Å². The van der Waals surface area contributed by atoms with Crippen molar-refractivity contribution < 1.29 is 4.74 Å². The zero-order chi connectivity index (χ0) is 10.1. The maximum Gasteiger partial charge on any atom is 0.198 e. The molecule has 1 heterocycles. The molecule has 5 heteroatoms. The Labute approximate surface area is 76.2 Å². The van der Waals surface area contributed by atoms with Gasteiger partial charge in [0, 0.05) is 6.42 Å². The second kappa shape index (κ2) is 6.52. The molecule has 0 radical (unpaired) electrons. The van der Waals surface area contributed by atoms with E-state index in [1.165, 1.54) is 0 Å². The Morgan fingerprint density at radius 2 is 1.92 bits per heavy atom. The van der Waals surface area contributed by atoms with Crippen LogP contribution < -0.4 is 5.73 Å². The summed E-state index contributed by atoms with van der Waals surface area (Å²) in [6.07, 6.45) is 0.669. The molecule has 0 amide bonds. The minimum atomic E-state index is 0. The van der Waals surface area contributed by atoms with Gasteiger partial charge in [0.15, 0.2) is 5.88 Å². The molecule has 0 unspecified atom stereocenters. The van der Waals surface area contributed by atoms with E-state index < -0.39 is 0 Å². The molecule has 0 saturated carbocycles. The van der Waals surface area contributed by atoms with Crippen LogP contribution in [-0.4, -0.2) is 6.61 Å². The molecular formula is C8H8N4O. The average molecular weight is 176 g/mol. The SMILES string of the molecule is N#CC1=C(N)OCC1.N#CCC#N. The number of hydrogen-bond acceptors (Lipinski definition) is 5. The van der Waals surface area contributed by atoms with Gasteiger partial charge in [0.05, 0.1) is 24.3 Å². The van der Waals surface area contributed by atoms with Crippen molar-refractivity contribution in [3.05, 3.63) is 11.5 Å². The van der Waals surface area contributed by atoms with Gasteiger partial charge in [-0.05, 0) is 0 Å². The lowest BCUT2D eigenvalue weighted by atomic mass is 10.2. The first-order valence-electron chi connectivity index (χ1n) is 3.51. The summed E-state index contributed by atoms with van der Waals surface area (Å²) < 4.78 is 4.79. The van der Waals surface area contributed by atoms with Crippen molar-refractivity contribution in [2.75, 3.05) is 6.61 Å². The standard InChI is InChI=1S/C5H6N2O.C3H2N2/c6-3-4-1-2-8-5(4)7;4-2-1-3-5/h1-2,7H2;1H2. The third kappa shape index (κ3) is 4.29. The maximum absolute atomic E-state index is 8.27. The van der Waals surface area contributed by atoms with Crippen LogP contribution in [0.2, 0.25) is 0 Å². The van der Waals surface area contributed by atoms with Gasteiger partial charge in [-0.25, -0.2) is 0 Å². The number of hydrogen-bond donors (Lipinski definition) is 1. The molecule has 0 fully saturated rings. The molecule has 0 bridgehead atoms. The number of rotatable bonds is 0. The molecule has 0 aromatic heterocycles. The summed E-state index contributed by atoms with van der Waals surface area (Å²) in [5.74, 6) is 0.299. The van der Waals surface area contributed by atoms with Crippen molar-refractivity contribution in [2.24, 2.45) is 5.73 Å². The van der Waals surface area contributed by atoms with E-state index in [9.17, 15) is 0 Å². The van der Waals surface area contributed by atoms with Gasteiger partial charge in [-0.15, -0.1) is 0 Å². The van der Waals surface area contributed by atoms with E-state index in [0.717, 1.165) is 0 Å². The predicted octanol–water partition coefficient (Wildman–Crippen LogP) is 0.524. The Kier molecular flexibility index (Phi) is 5.42. The molecule has 1 aliphatic rings. The Hall–Kier alpha value is -2.19. The molecule has 0 aromatic rings. The monoisotopic (exact) mass is 176 g/mol. The lowest BCUT2D eigenvalue weighted by Gasteiger charge is -1.90. The van der Waals surface area contributed by atoms with E-state index in [2.05, 4.69) is 0 Å². The molecule has 0 aromatic carbocycles. The van der Waals surface area contributed by atoms with Crippen LogP contribution in [0.15, 0.2) is 11.5 Å². The lowest BCUT2D eigenvalue weighted by molar-refractivity contribution is 0.242. The molecule has 0 saturated heterocycles. The largest absolute Gasteiger partial charge is 0.478 e. The zero-order valence-corrected chi connectivity index (χ0v) is 6.95. The fourth-order valence-electron chi connectivity index (χ4n) is 0.620. The topological polar surface area (TPSA) is 107 Å². The Morgan fingerprint density at radius 1 is 1.31 bits per heavy atom. The highest BCUT2D eigenvalue weighted by Gasteiger charge is 2.10. The van der Waals surface area contributed by atoms with Crippen LogP contribution in [0, 0.1) is 34.0 Å². The Morgan fingerprint density at radius 3 is 2.08 bits per heavy atom. The normalized spacial score (nSPS) is 12.7. The number of ether oxygens (including phenoxy) is 1. The highest BCUT2D eigenvalue weighted by molar-refractivity contribution is 5.25. The molecule has 0 spiro atoms. The Balaban J connectivity index is 0.000000252. The van der Waals surface area contributed by atoms with Gasteiger partial charge in [-0.1, -0.05) is 0 Å². The predicted molar refractivity (Wildman–Crippen MR) is 43.2 cm³/mol. The lowest BCUT2D eigenvalue weighted by Crippen LogP contribution is -1.97. The third-order valence-corrected chi connectivity index (χ3v) is 1.20. The summed E-state index contributed by atoms with van der Waals surface area (Å²) in [6, 6.07) is 5.26. The van der Waals surface area contributed by atoms with Crippen LogP contribution in [0.3, 0.4) is 0 Å². The van der Waals surface area contributed by atoms with Crippen LogP contribution in [0.25, 0.3) is 0 Å². The second-order valence-corrected chi connectivity index (χ2v) is 2.05. The molecule has 66 valence electrons. The van der Waals surface area contributed by atoms with Crippen LogP contribution in [0.1, 0.15) is 12.8 Å². The van der Waals surface area contributed by atoms with Crippen LogP contribution in [-0.2, 0) is 4.74 Å². The summed E-state index contributed by atoms with van der Waals surface area (Å²) in [5.41, 5.74) is 5.80.